The summed E-state index contributed by atoms with van der Waals surface area (Å²) < 4.78 is 6.27. The fourth-order valence-corrected chi connectivity index (χ4v) is 5.69. The molecular weight excluding hydrogens is 274 g/mol. The second-order valence-corrected chi connectivity index (χ2v) is 11.0. The molecule has 0 amide bonds. The Balaban J connectivity index is 3.83. The molecule has 0 aliphatic carbocycles. The highest BCUT2D eigenvalue weighted by molar-refractivity contribution is 6.73. The van der Waals surface area contributed by atoms with Crippen LogP contribution in [0.2, 0.25) is 18.1 Å². The van der Waals surface area contributed by atoms with Gasteiger partial charge >= 0.3 is 0 Å². The first-order chi connectivity index (χ1) is 10.2. The average molecular weight is 312 g/mol. The Bertz CT molecular complexity index is 263. The van der Waals surface area contributed by atoms with Crippen LogP contribution in [0.15, 0.2) is 0 Å². The van der Waals surface area contributed by atoms with E-state index in [1.54, 1.807) is 0 Å². The van der Waals surface area contributed by atoms with E-state index in [-0.39, 0.29) is 6.10 Å². The van der Waals surface area contributed by atoms with E-state index < -0.39 is 8.32 Å². The predicted molar refractivity (Wildman–Crippen MR) is 94.9 cm³/mol. The van der Waals surface area contributed by atoms with Crippen LogP contribution in [0, 0.1) is 11.3 Å². The molecule has 0 rings (SSSR count). The van der Waals surface area contributed by atoms with Gasteiger partial charge in [-0.15, -0.1) is 0 Å². The molecule has 0 bridgehead atoms. The van der Waals surface area contributed by atoms with Gasteiger partial charge in [0, 0.05) is 0 Å². The van der Waals surface area contributed by atoms with Gasteiger partial charge in [0.05, 0.1) is 6.07 Å². The second kappa shape index (κ2) is 13.3. The molecule has 21 heavy (non-hydrogen) atoms. The molecule has 0 aromatic rings. The molecule has 1 atom stereocenters. The van der Waals surface area contributed by atoms with Crippen LogP contribution in [-0.4, -0.2) is 14.4 Å². The molecular formula is C18H37NOSi. The average Bonchev–Trinajstić information content (AvgIpc) is 2.53. The van der Waals surface area contributed by atoms with Crippen molar-refractivity contribution >= 4 is 8.32 Å². The summed E-state index contributed by atoms with van der Waals surface area (Å²) in [6.07, 6.45) is 11.3. The minimum Gasteiger partial charge on any atom is -0.401 e. The maximum atomic E-state index is 9.32. The van der Waals surface area contributed by atoms with E-state index in [4.69, 9.17) is 4.43 Å². The molecule has 0 aliphatic rings. The first-order valence-corrected chi connectivity index (χ1v) is 11.8. The lowest BCUT2D eigenvalue weighted by molar-refractivity contribution is 0.224. The highest BCUT2D eigenvalue weighted by atomic mass is 28.4. The fraction of sp³-hybridized carbons (Fsp3) is 0.944. The van der Waals surface area contributed by atoms with Crippen LogP contribution in [0.25, 0.3) is 0 Å². The highest BCUT2D eigenvalue weighted by Crippen LogP contribution is 2.25. The summed E-state index contributed by atoms with van der Waals surface area (Å²) >= 11 is 0. The second-order valence-electron chi connectivity index (χ2n) is 6.24. The first kappa shape index (κ1) is 20.7. The Morgan fingerprint density at radius 3 is 1.71 bits per heavy atom. The van der Waals surface area contributed by atoms with Crippen molar-refractivity contribution in [3.05, 3.63) is 0 Å². The van der Waals surface area contributed by atoms with Crippen molar-refractivity contribution in [3.8, 4) is 6.07 Å². The van der Waals surface area contributed by atoms with E-state index in [0.29, 0.717) is 0 Å². The van der Waals surface area contributed by atoms with E-state index in [1.165, 1.54) is 44.9 Å². The monoisotopic (exact) mass is 311 g/mol. The predicted octanol–water partition coefficient (Wildman–Crippen LogP) is 6.43. The summed E-state index contributed by atoms with van der Waals surface area (Å²) in [4.78, 5) is 0. The van der Waals surface area contributed by atoms with Gasteiger partial charge in [-0.25, -0.2) is 0 Å². The van der Waals surface area contributed by atoms with E-state index in [9.17, 15) is 5.26 Å². The van der Waals surface area contributed by atoms with Gasteiger partial charge in [0.1, 0.15) is 6.10 Å². The molecule has 0 aromatic carbocycles. The summed E-state index contributed by atoms with van der Waals surface area (Å²) in [5, 5.41) is 9.32. The van der Waals surface area contributed by atoms with Crippen molar-refractivity contribution in [1.82, 2.24) is 0 Å². The molecule has 0 fully saturated rings. The summed E-state index contributed by atoms with van der Waals surface area (Å²) in [6.45, 7) is 8.94. The van der Waals surface area contributed by atoms with Gasteiger partial charge in [-0.3, -0.25) is 0 Å². The number of hydrogen-bond acceptors (Lipinski definition) is 2. The zero-order valence-corrected chi connectivity index (χ0v) is 15.9. The maximum absolute atomic E-state index is 9.32. The summed E-state index contributed by atoms with van der Waals surface area (Å²) in [7, 11) is -1.61. The molecule has 0 aromatic heterocycles. The molecule has 3 heteroatoms. The lowest BCUT2D eigenvalue weighted by Crippen LogP contribution is -2.39. The Labute approximate surface area is 134 Å². The van der Waals surface area contributed by atoms with Crippen LogP contribution in [-0.2, 0) is 4.43 Å². The van der Waals surface area contributed by atoms with Crippen molar-refractivity contribution in [2.45, 2.75) is 110 Å². The minimum atomic E-state index is -1.61. The number of unbranched alkanes of at least 4 members (excludes halogenated alkanes) is 7. The Kier molecular flexibility index (Phi) is 13.1. The first-order valence-electron chi connectivity index (χ1n) is 9.25. The minimum absolute atomic E-state index is 0.156. The quantitative estimate of drug-likeness (QED) is 0.273. The lowest BCUT2D eigenvalue weighted by atomic mass is 10.1. The van der Waals surface area contributed by atoms with E-state index in [1.807, 2.05) is 0 Å². The van der Waals surface area contributed by atoms with E-state index >= 15 is 0 Å². The number of hydrogen-bond donors (Lipinski definition) is 0. The van der Waals surface area contributed by atoms with Crippen LogP contribution in [0.4, 0.5) is 0 Å². The number of nitrogens with zero attached hydrogens (tertiary/aromatic N) is 1. The third kappa shape index (κ3) is 9.32. The molecule has 0 aliphatic heterocycles. The van der Waals surface area contributed by atoms with Crippen molar-refractivity contribution in [2.24, 2.45) is 0 Å². The zero-order valence-electron chi connectivity index (χ0n) is 14.9. The van der Waals surface area contributed by atoms with Gasteiger partial charge < -0.3 is 4.43 Å². The smallest absolute Gasteiger partial charge is 0.193 e. The number of nitriles is 1. The third-order valence-corrected chi connectivity index (χ3v) is 9.44. The lowest BCUT2D eigenvalue weighted by Gasteiger charge is -2.30. The standard InChI is InChI=1S/C18H37NOSi/c1-5-9-10-11-12-13-14-15-16-18(17-19)20-21(6-2,7-3)8-4/h18H,5-16H2,1-4H3. The van der Waals surface area contributed by atoms with Crippen LogP contribution in [0.1, 0.15) is 85.5 Å². The van der Waals surface area contributed by atoms with E-state index in [2.05, 4.69) is 33.8 Å². The van der Waals surface area contributed by atoms with Gasteiger partial charge in [-0.1, -0.05) is 72.6 Å². The van der Waals surface area contributed by atoms with Crippen molar-refractivity contribution in [2.75, 3.05) is 0 Å². The van der Waals surface area contributed by atoms with Crippen molar-refractivity contribution in [1.29, 1.82) is 5.26 Å². The van der Waals surface area contributed by atoms with Gasteiger partial charge in [-0.05, 0) is 31.0 Å². The summed E-state index contributed by atoms with van der Waals surface area (Å²) in [5.74, 6) is 0. The number of rotatable bonds is 14. The topological polar surface area (TPSA) is 33.0 Å². The molecule has 124 valence electrons. The van der Waals surface area contributed by atoms with Crippen LogP contribution in [0.3, 0.4) is 0 Å². The van der Waals surface area contributed by atoms with Crippen molar-refractivity contribution < 1.29 is 4.43 Å². The molecule has 0 saturated heterocycles. The van der Waals surface area contributed by atoms with Gasteiger partial charge in [0.2, 0.25) is 0 Å². The maximum Gasteiger partial charge on any atom is 0.193 e. The van der Waals surface area contributed by atoms with Gasteiger partial charge in [0.25, 0.3) is 0 Å². The Morgan fingerprint density at radius 2 is 1.29 bits per heavy atom. The molecule has 1 unspecified atom stereocenters. The molecule has 0 heterocycles. The van der Waals surface area contributed by atoms with Gasteiger partial charge in [-0.2, -0.15) is 5.26 Å². The molecule has 0 spiro atoms. The van der Waals surface area contributed by atoms with Crippen LogP contribution < -0.4 is 0 Å². The summed E-state index contributed by atoms with van der Waals surface area (Å²) in [6, 6.07) is 5.80. The van der Waals surface area contributed by atoms with Crippen LogP contribution >= 0.6 is 0 Å². The summed E-state index contributed by atoms with van der Waals surface area (Å²) in [5.41, 5.74) is 0. The van der Waals surface area contributed by atoms with Gasteiger partial charge in [0.15, 0.2) is 8.32 Å². The van der Waals surface area contributed by atoms with Crippen molar-refractivity contribution in [3.63, 3.8) is 0 Å². The molecule has 0 saturated carbocycles. The SMILES string of the molecule is CCCCCCCCCCC(C#N)O[Si](CC)(CC)CC. The van der Waals surface area contributed by atoms with Crippen LogP contribution in [0.5, 0.6) is 0 Å². The fourth-order valence-electron chi connectivity index (χ4n) is 2.92. The Morgan fingerprint density at radius 1 is 0.810 bits per heavy atom. The zero-order chi connectivity index (χ0) is 16.0. The molecule has 0 N–H and O–H groups in total. The molecule has 2 nitrogen and oxygen atoms in total. The third-order valence-electron chi connectivity index (χ3n) is 4.79. The largest absolute Gasteiger partial charge is 0.401 e. The Hall–Kier alpha value is -0.333. The molecule has 0 radical (unpaired) electrons. The highest BCUT2D eigenvalue weighted by Gasteiger charge is 2.31. The normalized spacial score (nSPS) is 13.1. The van der Waals surface area contributed by atoms with E-state index in [0.717, 1.165) is 31.0 Å².